The van der Waals surface area contributed by atoms with E-state index in [0.717, 1.165) is 179 Å². The quantitative estimate of drug-likeness (QED) is 0.0178. The van der Waals surface area contributed by atoms with Gasteiger partial charge >= 0.3 is 0 Å². The third-order valence-corrected chi connectivity index (χ3v) is 29.9. The first-order valence-electron chi connectivity index (χ1n) is 49.0. The van der Waals surface area contributed by atoms with Crippen LogP contribution in [0.2, 0.25) is 0 Å². The highest BCUT2D eigenvalue weighted by Crippen LogP contribution is 2.40. The van der Waals surface area contributed by atoms with Gasteiger partial charge < -0.3 is 64.7 Å². The summed E-state index contributed by atoms with van der Waals surface area (Å²) in [7, 11) is 0. The lowest BCUT2D eigenvalue weighted by atomic mass is 9.75. The van der Waals surface area contributed by atoms with Crippen LogP contribution in [0.1, 0.15) is 382 Å². The number of ether oxygens (including phenoxy) is 2. The Balaban J connectivity index is 0.000000163. The predicted molar refractivity (Wildman–Crippen MR) is 498 cm³/mol. The summed E-state index contributed by atoms with van der Waals surface area (Å²) in [6.07, 6.45) is 53.9. The van der Waals surface area contributed by atoms with E-state index in [-0.39, 0.29) is 0 Å². The number of carbonyl (C=O) groups is 5. The average Bonchev–Trinajstić information content (AvgIpc) is 0.820. The fraction of sp³-hybridized carbons (Fsp3) is 0.745. The minimum Gasteiger partial charge on any atom is -0.379 e. The maximum atomic E-state index is 11.8. The number of carbonyl (C=O) groups excluding carboxylic acids is 5. The summed E-state index contributed by atoms with van der Waals surface area (Å²) in [5.74, 6) is 9.63. The van der Waals surface area contributed by atoms with Crippen molar-refractivity contribution in [3.63, 3.8) is 0 Å². The molecular weight excluding hydrogens is 1570 g/mol. The zero-order chi connectivity index (χ0) is 89.6. The second kappa shape index (κ2) is 49.9. The van der Waals surface area contributed by atoms with E-state index < -0.39 is 29.5 Å². The number of hydrogen-bond donors (Lipinski definition) is 10. The van der Waals surface area contributed by atoms with Crippen LogP contribution in [-0.2, 0) is 41.6 Å². The number of hydrogen-bond acceptors (Lipinski definition) is 22. The molecule has 5 aromatic rings. The molecule has 9 aliphatic rings. The van der Waals surface area contributed by atoms with Gasteiger partial charge in [-0.05, 0) is 251 Å². The van der Waals surface area contributed by atoms with Gasteiger partial charge in [0.25, 0.3) is 29.5 Å². The second-order valence-electron chi connectivity index (χ2n) is 39.3. The molecule has 5 atom stereocenters. The van der Waals surface area contributed by atoms with Crippen LogP contribution in [0.4, 0.5) is 29.7 Å². The summed E-state index contributed by atoms with van der Waals surface area (Å²) in [5.41, 5.74) is 33.9. The lowest BCUT2D eigenvalue weighted by Gasteiger charge is -2.31. The third kappa shape index (κ3) is 30.7. The van der Waals surface area contributed by atoms with Crippen molar-refractivity contribution < 1.29 is 33.4 Å². The van der Waals surface area contributed by atoms with E-state index in [1.54, 1.807) is 31.0 Å². The van der Waals surface area contributed by atoms with Crippen molar-refractivity contribution in [1.29, 1.82) is 0 Å². The molecule has 9 fully saturated rings. The van der Waals surface area contributed by atoms with E-state index in [9.17, 15) is 24.0 Å². The molecule has 15 N–H and O–H groups in total. The normalized spacial score (nSPS) is 24.6. The largest absolute Gasteiger partial charge is 0.379 e. The molecule has 125 heavy (non-hydrogen) atoms. The third-order valence-electron chi connectivity index (χ3n) is 29.9. The van der Waals surface area contributed by atoms with Crippen molar-refractivity contribution in [1.82, 2.24) is 49.8 Å². The van der Waals surface area contributed by atoms with E-state index in [2.05, 4.69) is 146 Å². The van der Waals surface area contributed by atoms with E-state index in [1.807, 2.05) is 13.8 Å². The van der Waals surface area contributed by atoms with Crippen LogP contribution in [0, 0.1) is 76.9 Å². The van der Waals surface area contributed by atoms with Crippen molar-refractivity contribution in [2.75, 3.05) is 39.8 Å². The fourth-order valence-electron chi connectivity index (χ4n) is 19.7. The zero-order valence-corrected chi connectivity index (χ0v) is 78.1. The Morgan fingerprint density at radius 1 is 0.320 bits per heavy atom. The molecule has 0 aliphatic heterocycles. The van der Waals surface area contributed by atoms with Crippen LogP contribution in [0.3, 0.4) is 0 Å². The van der Waals surface area contributed by atoms with Crippen LogP contribution < -0.4 is 55.3 Å². The highest BCUT2D eigenvalue weighted by molar-refractivity contribution is 5.95. The molecule has 27 heteroatoms. The number of nitrogens with zero attached hydrogens (tertiary/aromatic N) is 10. The van der Waals surface area contributed by atoms with Gasteiger partial charge in [0.15, 0.2) is 0 Å². The molecule has 27 nitrogen and oxygen atoms in total. The smallest absolute Gasteiger partial charge is 0.252 e. The molecule has 9 aliphatic carbocycles. The number of nitrogens with two attached hydrogens (primary N) is 5. The van der Waals surface area contributed by atoms with E-state index in [1.165, 1.54) is 154 Å². The van der Waals surface area contributed by atoms with Crippen molar-refractivity contribution >= 4 is 59.3 Å². The van der Waals surface area contributed by atoms with Crippen LogP contribution >= 0.6 is 0 Å². The number of primary amides is 5. The molecule has 0 saturated heterocycles. The minimum absolute atomic E-state index is 0.364. The van der Waals surface area contributed by atoms with Gasteiger partial charge in [0, 0.05) is 74.4 Å². The van der Waals surface area contributed by atoms with Crippen molar-refractivity contribution in [3.8, 4) is 0 Å². The zero-order valence-electron chi connectivity index (χ0n) is 78.1. The van der Waals surface area contributed by atoms with Gasteiger partial charge in [0.1, 0.15) is 0 Å². The molecule has 0 unspecified atom stereocenters. The molecule has 5 heterocycles. The van der Waals surface area contributed by atoms with Gasteiger partial charge in [-0.1, -0.05) is 159 Å². The van der Waals surface area contributed by atoms with Gasteiger partial charge in [-0.15, -0.1) is 0 Å². The first-order chi connectivity index (χ1) is 60.1. The summed E-state index contributed by atoms with van der Waals surface area (Å²) >= 11 is 0. The van der Waals surface area contributed by atoms with E-state index >= 15 is 0 Å². The van der Waals surface area contributed by atoms with Gasteiger partial charge in [0.2, 0.25) is 29.7 Å². The molecule has 5 amide bonds. The maximum absolute atomic E-state index is 11.8. The SMILES string of the molecule is CC1CCC(Nc2ncc(C(N)=O)c(C[C@H](C)C(C)C)n2)CC1.CCC1CCC(Nc2ncc(C(N)=O)c(C[C@@H](C)C3CCC3)n2)CC1.CCC1CCC(Nc2ncc(C(N)=O)c(C[C@H](C)C3CCC3)n2)CC1.CCOC1CCC(Nc2ncc(C(N)=O)c(C[C@@H](C)C3CCC3)n2)CC1.CCOC1CCC(Nc2ncc(C(N)=O)c(C[C@H](C)C3CCC3)n2)CC1. The second-order valence-corrected chi connectivity index (χ2v) is 39.3. The Kier molecular flexibility index (Phi) is 39.4. The van der Waals surface area contributed by atoms with Crippen molar-refractivity contribution in [2.24, 2.45) is 106 Å². The van der Waals surface area contributed by atoms with Crippen LogP contribution in [0.5, 0.6) is 0 Å². The molecule has 5 aromatic heterocycles. The summed E-state index contributed by atoms with van der Waals surface area (Å²) in [4.78, 5) is 104. The Bertz CT molecular complexity index is 3940. The summed E-state index contributed by atoms with van der Waals surface area (Å²) in [6, 6.07) is 2.05. The average molecular weight is 1730 g/mol. The Morgan fingerprint density at radius 2 is 0.536 bits per heavy atom. The number of rotatable bonds is 36. The number of nitrogens with one attached hydrogen (secondary N) is 5. The van der Waals surface area contributed by atoms with Gasteiger partial charge in [0.05, 0.1) is 68.5 Å². The van der Waals surface area contributed by atoms with Crippen molar-refractivity contribution in [2.45, 2.75) is 376 Å². The van der Waals surface area contributed by atoms with Gasteiger partial charge in [-0.3, -0.25) is 24.0 Å². The summed E-state index contributed by atoms with van der Waals surface area (Å²) < 4.78 is 11.4. The van der Waals surface area contributed by atoms with E-state index in [4.69, 9.17) is 38.1 Å². The number of amides is 5. The standard InChI is InChI=1S/2C20H32N4O2.2C20H32N4O.C18H30N4O/c2*1-3-26-16-9-7-15(8-10-16)23-20-22-12-17(19(21)25)18(24-20)11-13(2)14-5-4-6-14;2*1-3-14-7-9-16(10-8-14)23-20-22-12-17(19(21)25)18(24-20)11-13(2)15-5-4-6-15;1-11(2)13(4)9-16-15(17(19)23)10-20-18(22-16)21-14-7-5-12(3)6-8-14/h2*12-16H,3-11H2,1-2H3,(H2,21,25)(H,22,23,24);2*12-16H,3-11H2,1-2H3,(H2,21,25)(H,22,23,24);10-14H,5-9H2,1-4H3,(H2,19,23)(H,20,21,22)/t2*13-,15?,16?;2*13-,14?,16?;12?,13-,14?/m10100/s1. The van der Waals surface area contributed by atoms with Crippen LogP contribution in [-0.4, -0.2) is 135 Å². The Hall–Kier alpha value is -8.33. The number of anilines is 5. The molecule has 9 saturated carbocycles. The van der Waals surface area contributed by atoms with Gasteiger partial charge in [-0.2, -0.15) is 0 Å². The molecule has 0 aromatic carbocycles. The molecule has 0 radical (unpaired) electrons. The Morgan fingerprint density at radius 3 is 0.728 bits per heavy atom. The molecule has 692 valence electrons. The first-order valence-corrected chi connectivity index (χ1v) is 49.0. The van der Waals surface area contributed by atoms with Crippen molar-refractivity contribution in [3.05, 3.63) is 87.3 Å². The molecule has 0 spiro atoms. The Labute approximate surface area is 747 Å². The fourth-order valence-corrected chi connectivity index (χ4v) is 19.7. The highest BCUT2D eigenvalue weighted by Gasteiger charge is 2.34. The maximum Gasteiger partial charge on any atom is 0.252 e. The molecular formula is C98H158N20O7. The van der Waals surface area contributed by atoms with Crippen LogP contribution in [0.15, 0.2) is 31.0 Å². The first kappa shape index (κ1) is 98.8. The predicted octanol–water partition coefficient (Wildman–Crippen LogP) is 17.9. The summed E-state index contributed by atoms with van der Waals surface area (Å²) in [6.45, 7) is 28.1. The van der Waals surface area contributed by atoms with Gasteiger partial charge in [-0.25, -0.2) is 49.8 Å². The number of aromatic nitrogens is 10. The lowest BCUT2D eigenvalue weighted by Crippen LogP contribution is -2.31. The van der Waals surface area contributed by atoms with Crippen LogP contribution in [0.25, 0.3) is 0 Å². The van der Waals surface area contributed by atoms with E-state index in [0.29, 0.717) is 135 Å². The lowest BCUT2D eigenvalue weighted by molar-refractivity contribution is 0.0345. The highest BCUT2D eigenvalue weighted by atomic mass is 16.5. The molecule has 0 bridgehead atoms. The monoisotopic (exact) mass is 1730 g/mol. The molecule has 14 rings (SSSR count). The minimum atomic E-state index is -0.450. The summed E-state index contributed by atoms with van der Waals surface area (Å²) in [5, 5.41) is 17.3. The topological polar surface area (TPSA) is 423 Å².